The Morgan fingerprint density at radius 1 is 1.12 bits per heavy atom. The third-order valence-corrected chi connectivity index (χ3v) is 5.03. The van der Waals surface area contributed by atoms with Crippen LogP contribution in [-0.2, 0) is 4.79 Å². The first-order valence-corrected chi connectivity index (χ1v) is 8.87. The van der Waals surface area contributed by atoms with Crippen LogP contribution in [0.1, 0.15) is 15.9 Å². The van der Waals surface area contributed by atoms with E-state index in [1.54, 1.807) is 43.5 Å². The maximum Gasteiger partial charge on any atom is 0.273 e. The molecule has 0 saturated carbocycles. The fourth-order valence-electron chi connectivity index (χ4n) is 2.47. The van der Waals surface area contributed by atoms with Gasteiger partial charge in [0.25, 0.3) is 11.8 Å². The van der Waals surface area contributed by atoms with Crippen molar-refractivity contribution in [1.82, 2.24) is 4.90 Å². The minimum Gasteiger partial charge on any atom is -0.497 e. The zero-order chi connectivity index (χ0) is 18.7. The molecular formula is C19H15NO4S2. The minimum absolute atomic E-state index is 0.194. The normalized spacial score (nSPS) is 15.5. The molecular weight excluding hydrogens is 370 g/mol. The maximum atomic E-state index is 12.8. The highest BCUT2D eigenvalue weighted by atomic mass is 32.2. The number of thiocarbonyl (C=S) groups is 1. The lowest BCUT2D eigenvalue weighted by Gasteiger charge is -2.14. The number of benzene rings is 2. The molecule has 26 heavy (non-hydrogen) atoms. The smallest absolute Gasteiger partial charge is 0.273 e. The van der Waals surface area contributed by atoms with E-state index in [1.807, 2.05) is 18.2 Å². The number of nitrogens with zero attached hydrogens (tertiary/aromatic N) is 1. The molecule has 5 nitrogen and oxygen atoms in total. The summed E-state index contributed by atoms with van der Waals surface area (Å²) in [6.07, 6.45) is 1.69. The van der Waals surface area contributed by atoms with E-state index >= 15 is 0 Å². The number of methoxy groups -OCH3 is 2. The highest BCUT2D eigenvalue weighted by molar-refractivity contribution is 8.26. The molecule has 1 fully saturated rings. The van der Waals surface area contributed by atoms with Gasteiger partial charge in [-0.3, -0.25) is 9.59 Å². The number of imide groups is 1. The van der Waals surface area contributed by atoms with Gasteiger partial charge >= 0.3 is 0 Å². The molecule has 0 aliphatic carbocycles. The van der Waals surface area contributed by atoms with Crippen LogP contribution in [0, 0.1) is 0 Å². The Bertz CT molecular complexity index is 923. The Kier molecular flexibility index (Phi) is 5.39. The predicted octanol–water partition coefficient (Wildman–Crippen LogP) is 3.75. The van der Waals surface area contributed by atoms with Crippen LogP contribution in [-0.4, -0.2) is 35.3 Å². The Balaban J connectivity index is 1.91. The number of ether oxygens (including phenoxy) is 2. The Labute approximate surface area is 160 Å². The van der Waals surface area contributed by atoms with Crippen molar-refractivity contribution in [3.05, 3.63) is 64.6 Å². The van der Waals surface area contributed by atoms with E-state index in [-0.39, 0.29) is 9.88 Å². The summed E-state index contributed by atoms with van der Waals surface area (Å²) in [6.45, 7) is 0. The number of carbonyl (C=O) groups excluding carboxylic acids is 2. The van der Waals surface area contributed by atoms with E-state index in [4.69, 9.17) is 21.7 Å². The summed E-state index contributed by atoms with van der Waals surface area (Å²) >= 11 is 6.35. The van der Waals surface area contributed by atoms with E-state index in [2.05, 4.69) is 0 Å². The molecule has 2 aromatic carbocycles. The van der Waals surface area contributed by atoms with Gasteiger partial charge in [0, 0.05) is 0 Å². The molecule has 1 saturated heterocycles. The van der Waals surface area contributed by atoms with E-state index in [0.717, 1.165) is 22.2 Å². The largest absolute Gasteiger partial charge is 0.497 e. The van der Waals surface area contributed by atoms with Crippen molar-refractivity contribution in [2.75, 3.05) is 14.2 Å². The van der Waals surface area contributed by atoms with E-state index in [9.17, 15) is 9.59 Å². The highest BCUT2D eigenvalue weighted by Crippen LogP contribution is 2.35. The highest BCUT2D eigenvalue weighted by Gasteiger charge is 2.38. The molecule has 0 unspecified atom stereocenters. The van der Waals surface area contributed by atoms with Crippen LogP contribution in [0.4, 0.5) is 0 Å². The zero-order valence-corrected chi connectivity index (χ0v) is 15.7. The van der Waals surface area contributed by atoms with Gasteiger partial charge in [-0.05, 0) is 35.9 Å². The fraction of sp³-hybridized carbons (Fsp3) is 0.105. The van der Waals surface area contributed by atoms with Crippen molar-refractivity contribution in [2.45, 2.75) is 0 Å². The summed E-state index contributed by atoms with van der Waals surface area (Å²) in [5.41, 5.74) is 1.07. The molecule has 2 aromatic rings. The first-order valence-electron chi connectivity index (χ1n) is 7.64. The van der Waals surface area contributed by atoms with Crippen LogP contribution in [0.2, 0.25) is 0 Å². The van der Waals surface area contributed by atoms with E-state index < -0.39 is 11.8 Å². The molecule has 0 bridgehead atoms. The number of hydrogen-bond donors (Lipinski definition) is 0. The van der Waals surface area contributed by atoms with Crippen LogP contribution in [0.15, 0.2) is 53.4 Å². The van der Waals surface area contributed by atoms with Gasteiger partial charge in [-0.15, -0.1) is 0 Å². The molecule has 0 N–H and O–H groups in total. The number of rotatable bonds is 4. The molecule has 1 aliphatic heterocycles. The molecule has 1 aliphatic rings. The molecule has 0 aromatic heterocycles. The molecule has 1 heterocycles. The minimum atomic E-state index is -0.501. The van der Waals surface area contributed by atoms with Crippen LogP contribution in [0.3, 0.4) is 0 Å². The van der Waals surface area contributed by atoms with Gasteiger partial charge < -0.3 is 9.47 Å². The van der Waals surface area contributed by atoms with Crippen LogP contribution in [0.5, 0.6) is 11.5 Å². The van der Waals surface area contributed by atoms with Crippen LogP contribution < -0.4 is 9.47 Å². The van der Waals surface area contributed by atoms with Crippen molar-refractivity contribution in [2.24, 2.45) is 0 Å². The molecule has 0 atom stereocenters. The van der Waals surface area contributed by atoms with Crippen molar-refractivity contribution in [3.63, 3.8) is 0 Å². The quantitative estimate of drug-likeness (QED) is 0.454. The summed E-state index contributed by atoms with van der Waals surface area (Å²) in [7, 11) is 3.05. The SMILES string of the molecule is COc1cccc(C=C2SC(=S)N(C(=O)c3ccccc3OC)C2=O)c1. The predicted molar refractivity (Wildman–Crippen MR) is 105 cm³/mol. The Morgan fingerprint density at radius 3 is 2.62 bits per heavy atom. The second-order valence-corrected chi connectivity index (χ2v) is 6.97. The Morgan fingerprint density at radius 2 is 1.88 bits per heavy atom. The summed E-state index contributed by atoms with van der Waals surface area (Å²) in [6, 6.07) is 14.0. The number of hydrogen-bond acceptors (Lipinski definition) is 6. The average Bonchev–Trinajstić information content (AvgIpc) is 2.94. The van der Waals surface area contributed by atoms with Crippen LogP contribution >= 0.6 is 24.0 Å². The lowest BCUT2D eigenvalue weighted by atomic mass is 10.1. The molecule has 0 spiro atoms. The molecule has 132 valence electrons. The fourth-order valence-corrected chi connectivity index (χ4v) is 3.72. The number of carbonyl (C=O) groups is 2. The topological polar surface area (TPSA) is 55.8 Å². The first-order chi connectivity index (χ1) is 12.5. The summed E-state index contributed by atoms with van der Waals surface area (Å²) < 4.78 is 10.6. The molecule has 2 amide bonds. The summed E-state index contributed by atoms with van der Waals surface area (Å²) in [5.74, 6) is 0.125. The van der Waals surface area contributed by atoms with Gasteiger partial charge in [-0.25, -0.2) is 4.90 Å². The zero-order valence-electron chi connectivity index (χ0n) is 14.1. The standard InChI is InChI=1S/C19H15NO4S2/c1-23-13-7-5-6-12(10-13)11-16-18(22)20(19(25)26-16)17(21)14-8-3-4-9-15(14)24-2/h3-11H,1-2H3. The van der Waals surface area contributed by atoms with Gasteiger partial charge in [0.2, 0.25) is 0 Å². The van der Waals surface area contributed by atoms with Gasteiger partial charge in [0.05, 0.1) is 24.7 Å². The van der Waals surface area contributed by atoms with Crippen molar-refractivity contribution >= 4 is 46.2 Å². The van der Waals surface area contributed by atoms with Gasteiger partial charge in [0.15, 0.2) is 4.32 Å². The van der Waals surface area contributed by atoms with Gasteiger partial charge in [0.1, 0.15) is 11.5 Å². The van der Waals surface area contributed by atoms with E-state index in [0.29, 0.717) is 16.4 Å². The first kappa shape index (κ1) is 18.2. The van der Waals surface area contributed by atoms with Gasteiger partial charge in [-0.2, -0.15) is 0 Å². The summed E-state index contributed by atoms with van der Waals surface area (Å²) in [4.78, 5) is 27.0. The van der Waals surface area contributed by atoms with E-state index in [1.165, 1.54) is 7.11 Å². The lowest BCUT2D eigenvalue weighted by Crippen LogP contribution is -2.34. The number of para-hydroxylation sites is 1. The Hall–Kier alpha value is -2.64. The van der Waals surface area contributed by atoms with Gasteiger partial charge in [-0.1, -0.05) is 48.2 Å². The van der Waals surface area contributed by atoms with Crippen molar-refractivity contribution in [1.29, 1.82) is 0 Å². The third-order valence-electron chi connectivity index (χ3n) is 3.73. The van der Waals surface area contributed by atoms with Crippen molar-refractivity contribution < 1.29 is 19.1 Å². The average molecular weight is 385 g/mol. The second kappa shape index (κ2) is 7.72. The molecule has 3 rings (SSSR count). The molecule has 7 heteroatoms. The lowest BCUT2D eigenvalue weighted by molar-refractivity contribution is -0.120. The number of amides is 2. The number of thioether (sulfide) groups is 1. The third kappa shape index (κ3) is 3.49. The summed E-state index contributed by atoms with van der Waals surface area (Å²) in [5, 5.41) is 0. The maximum absolute atomic E-state index is 12.8. The monoisotopic (exact) mass is 385 g/mol. The second-order valence-electron chi connectivity index (χ2n) is 5.30. The van der Waals surface area contributed by atoms with Crippen LogP contribution in [0.25, 0.3) is 6.08 Å². The van der Waals surface area contributed by atoms with Crippen molar-refractivity contribution in [3.8, 4) is 11.5 Å². The molecule has 0 radical (unpaired) electrons.